The van der Waals surface area contributed by atoms with Gasteiger partial charge in [-0.3, -0.25) is 4.57 Å². The molecule has 0 spiro atoms. The Hall–Kier alpha value is -6.07. The number of hydrogen-bond acceptors (Lipinski definition) is 3. The lowest BCUT2D eigenvalue weighted by molar-refractivity contribution is 0.416. The van der Waals surface area contributed by atoms with Crippen molar-refractivity contribution in [3.63, 3.8) is 0 Å². The van der Waals surface area contributed by atoms with E-state index in [2.05, 4.69) is 182 Å². The standard InChI is InChI=1S/C26H35OP.C17H12N2.C12H9N.C5H4BrN/c1-20-12-11-18-24(27-2)26(20)23-17-9-10-19-25(23)28(21-13-5-3-6-14-21)22-15-7-4-8-16-22;1-3-9-15-13(7-1)14-8-2-4-10-16(14)19(15)17-11-5-6-12-18-17;1-3-7-11-9(5-1)10-6-2-4-8-12(10)13-11;6-5-3-1-2-4-7-5/h9-12,17-19,21-22H,3-8,13-16H2,1-2H3;1-12H;1-8,13H;1-4H. The molecule has 2 aliphatic rings. The minimum absolute atomic E-state index is 0.122. The number of pyridine rings is 2. The molecule has 2 aliphatic carbocycles. The fourth-order valence-electron chi connectivity index (χ4n) is 10.3. The van der Waals surface area contributed by atoms with Gasteiger partial charge in [0.2, 0.25) is 0 Å². The molecule has 67 heavy (non-hydrogen) atoms. The van der Waals surface area contributed by atoms with Crippen molar-refractivity contribution in [2.75, 3.05) is 7.11 Å². The van der Waals surface area contributed by atoms with E-state index in [0.29, 0.717) is 0 Å². The largest absolute Gasteiger partial charge is 0.496 e. The number of methoxy groups -OCH3 is 1. The minimum Gasteiger partial charge on any atom is -0.496 e. The third-order valence-corrected chi connectivity index (χ3v) is 17.4. The van der Waals surface area contributed by atoms with E-state index in [1.54, 1.807) is 11.5 Å². The third kappa shape index (κ3) is 10.7. The van der Waals surface area contributed by atoms with Gasteiger partial charge in [0.15, 0.2) is 0 Å². The molecule has 2 saturated carbocycles. The molecule has 338 valence electrons. The SMILES string of the molecule is Brc1ccccn1.COc1cccc(C)c1-c1ccccc1P(C1CCCCC1)C1CCCCC1.c1ccc(-n2c3ccccc3c3ccccc32)nc1.c1ccc2c(c1)[nH]c1ccccc12. The lowest BCUT2D eigenvalue weighted by atomic mass is 9.99. The van der Waals surface area contributed by atoms with Crippen LogP contribution in [0.2, 0.25) is 0 Å². The molecular weight excluding hydrogens is 904 g/mol. The molecule has 0 aliphatic heterocycles. The Morgan fingerprint density at radius 2 is 1.03 bits per heavy atom. The number of hydrogen-bond donors (Lipinski definition) is 1. The number of halogens is 1. The third-order valence-electron chi connectivity index (χ3n) is 13.3. The highest BCUT2D eigenvalue weighted by atomic mass is 79.9. The summed E-state index contributed by atoms with van der Waals surface area (Å²) in [5.41, 5.74) is 10.7. The predicted octanol–water partition coefficient (Wildman–Crippen LogP) is 16.8. The quantitative estimate of drug-likeness (QED) is 0.133. The fourth-order valence-corrected chi connectivity index (χ4v) is 14.5. The molecular formula is C60H60BrN4OP. The Bertz CT molecular complexity index is 3010. The zero-order valence-corrected chi connectivity index (χ0v) is 41.2. The van der Waals surface area contributed by atoms with Gasteiger partial charge in [0.25, 0.3) is 0 Å². The molecule has 0 amide bonds. The molecule has 4 aromatic heterocycles. The van der Waals surface area contributed by atoms with Crippen LogP contribution in [-0.4, -0.2) is 37.9 Å². The summed E-state index contributed by atoms with van der Waals surface area (Å²) in [6.07, 6.45) is 18.0. The van der Waals surface area contributed by atoms with Crippen molar-refractivity contribution < 1.29 is 4.74 Å². The van der Waals surface area contributed by atoms with E-state index in [-0.39, 0.29) is 7.92 Å². The summed E-state index contributed by atoms with van der Waals surface area (Å²) >= 11 is 3.20. The number of benzene rings is 6. The summed E-state index contributed by atoms with van der Waals surface area (Å²) in [5.74, 6) is 1.98. The van der Waals surface area contributed by atoms with E-state index in [9.17, 15) is 0 Å². The van der Waals surface area contributed by atoms with Crippen LogP contribution >= 0.6 is 23.9 Å². The van der Waals surface area contributed by atoms with Gasteiger partial charge in [0.1, 0.15) is 16.2 Å². The van der Waals surface area contributed by atoms with E-state index >= 15 is 0 Å². The molecule has 10 aromatic rings. The normalized spacial score (nSPS) is 14.2. The van der Waals surface area contributed by atoms with E-state index in [1.165, 1.54) is 125 Å². The van der Waals surface area contributed by atoms with Crippen molar-refractivity contribution in [2.24, 2.45) is 0 Å². The number of nitrogens with zero attached hydrogens (tertiary/aromatic N) is 3. The lowest BCUT2D eigenvalue weighted by Crippen LogP contribution is -2.27. The number of aromatic nitrogens is 4. The second kappa shape index (κ2) is 22.6. The van der Waals surface area contributed by atoms with E-state index < -0.39 is 0 Å². The smallest absolute Gasteiger partial charge is 0.137 e. The van der Waals surface area contributed by atoms with Crippen molar-refractivity contribution in [3.8, 4) is 22.7 Å². The first-order valence-corrected chi connectivity index (χ1v) is 26.3. The van der Waals surface area contributed by atoms with Gasteiger partial charge in [-0.15, -0.1) is 0 Å². The van der Waals surface area contributed by atoms with Gasteiger partial charge in [0.05, 0.1) is 18.1 Å². The predicted molar refractivity (Wildman–Crippen MR) is 290 cm³/mol. The molecule has 0 bridgehead atoms. The fraction of sp³-hybridized carbons (Fsp3) is 0.233. The Kier molecular flexibility index (Phi) is 15.5. The molecule has 0 radical (unpaired) electrons. The van der Waals surface area contributed by atoms with E-state index in [1.807, 2.05) is 49.7 Å². The van der Waals surface area contributed by atoms with Crippen LogP contribution < -0.4 is 10.0 Å². The first-order valence-electron chi connectivity index (χ1n) is 24.0. The molecule has 0 saturated heterocycles. The van der Waals surface area contributed by atoms with Crippen LogP contribution in [0.4, 0.5) is 0 Å². The van der Waals surface area contributed by atoms with Crippen molar-refractivity contribution >= 4 is 72.8 Å². The number of aryl methyl sites for hydroxylation is 1. The molecule has 2 fully saturated rings. The van der Waals surface area contributed by atoms with Crippen LogP contribution in [0, 0.1) is 6.92 Å². The molecule has 6 aromatic carbocycles. The molecule has 0 unspecified atom stereocenters. The van der Waals surface area contributed by atoms with Crippen molar-refractivity contribution in [3.05, 3.63) is 198 Å². The topological polar surface area (TPSA) is 55.7 Å². The van der Waals surface area contributed by atoms with Gasteiger partial charge in [-0.1, -0.05) is 168 Å². The summed E-state index contributed by atoms with van der Waals surface area (Å²) in [6, 6.07) is 61.2. The average Bonchev–Trinajstić information content (AvgIpc) is 3.94. The highest BCUT2D eigenvalue weighted by Crippen LogP contribution is 2.56. The zero-order valence-electron chi connectivity index (χ0n) is 38.7. The Morgan fingerprint density at radius 1 is 0.522 bits per heavy atom. The van der Waals surface area contributed by atoms with Crippen LogP contribution in [0.5, 0.6) is 5.75 Å². The summed E-state index contributed by atoms with van der Waals surface area (Å²) in [7, 11) is 1.69. The van der Waals surface area contributed by atoms with E-state index in [4.69, 9.17) is 4.74 Å². The minimum atomic E-state index is -0.122. The number of para-hydroxylation sites is 4. The molecule has 4 heterocycles. The van der Waals surface area contributed by atoms with E-state index in [0.717, 1.165) is 27.5 Å². The molecule has 7 heteroatoms. The van der Waals surface area contributed by atoms with Crippen LogP contribution in [0.25, 0.3) is 60.6 Å². The Labute approximate surface area is 405 Å². The number of aromatic amines is 1. The van der Waals surface area contributed by atoms with Gasteiger partial charge in [-0.2, -0.15) is 0 Å². The zero-order chi connectivity index (χ0) is 45.8. The second-order valence-corrected chi connectivity index (χ2v) is 21.2. The number of H-pyrrole nitrogens is 1. The molecule has 12 rings (SSSR count). The van der Waals surface area contributed by atoms with Gasteiger partial charge in [0, 0.05) is 50.5 Å². The first-order chi connectivity index (χ1) is 33.1. The van der Waals surface area contributed by atoms with Gasteiger partial charge in [-0.05, 0) is 131 Å². The van der Waals surface area contributed by atoms with Gasteiger partial charge in [-0.25, -0.2) is 9.97 Å². The maximum Gasteiger partial charge on any atom is 0.137 e. The van der Waals surface area contributed by atoms with Crippen LogP contribution in [-0.2, 0) is 0 Å². The summed E-state index contributed by atoms with van der Waals surface area (Å²) in [5, 5.41) is 6.80. The van der Waals surface area contributed by atoms with Crippen molar-refractivity contribution in [1.29, 1.82) is 0 Å². The number of fused-ring (bicyclic) bond motifs is 6. The van der Waals surface area contributed by atoms with Crippen molar-refractivity contribution in [1.82, 2.24) is 19.5 Å². The molecule has 1 N–H and O–H groups in total. The maximum atomic E-state index is 5.81. The number of ether oxygens (including phenoxy) is 1. The summed E-state index contributed by atoms with van der Waals surface area (Å²) in [6.45, 7) is 2.23. The van der Waals surface area contributed by atoms with Crippen LogP contribution in [0.15, 0.2) is 193 Å². The van der Waals surface area contributed by atoms with Crippen molar-refractivity contribution in [2.45, 2.75) is 82.4 Å². The van der Waals surface area contributed by atoms with Gasteiger partial charge >= 0.3 is 0 Å². The Balaban J connectivity index is 0.000000124. The van der Waals surface area contributed by atoms with Gasteiger partial charge < -0.3 is 9.72 Å². The molecule has 5 nitrogen and oxygen atoms in total. The number of rotatable bonds is 6. The number of nitrogens with one attached hydrogen (secondary N) is 1. The monoisotopic (exact) mass is 962 g/mol. The first kappa shape index (κ1) is 46.1. The average molecular weight is 964 g/mol. The maximum absolute atomic E-state index is 5.81. The second-order valence-electron chi connectivity index (χ2n) is 17.6. The summed E-state index contributed by atoms with van der Waals surface area (Å²) in [4.78, 5) is 11.8. The van der Waals surface area contributed by atoms with Crippen LogP contribution in [0.3, 0.4) is 0 Å². The Morgan fingerprint density at radius 3 is 1.55 bits per heavy atom. The highest BCUT2D eigenvalue weighted by molar-refractivity contribution is 9.10. The lowest BCUT2D eigenvalue weighted by Gasteiger charge is -2.39. The highest BCUT2D eigenvalue weighted by Gasteiger charge is 2.34. The molecule has 0 atom stereocenters. The van der Waals surface area contributed by atoms with Crippen LogP contribution in [0.1, 0.15) is 69.8 Å². The summed E-state index contributed by atoms with van der Waals surface area (Å²) < 4.78 is 8.91.